The van der Waals surface area contributed by atoms with Crippen molar-refractivity contribution in [1.29, 1.82) is 0 Å². The lowest BCUT2D eigenvalue weighted by Crippen LogP contribution is -2.70. The molecule has 4 atom stereocenters. The smallest absolute Gasteiger partial charge is 0.264 e. The van der Waals surface area contributed by atoms with E-state index in [2.05, 4.69) is 71.6 Å². The third kappa shape index (κ3) is 7.45. The molecule has 0 aromatic heterocycles. The molecule has 0 radical (unpaired) electrons. The number of carbonyl (C=O) groups excluding carboxylic acids is 1. The second-order valence-corrected chi connectivity index (χ2v) is 18.9. The Morgan fingerprint density at radius 2 is 1.94 bits per heavy atom. The molecule has 0 bridgehead atoms. The first-order chi connectivity index (χ1) is 24.1. The van der Waals surface area contributed by atoms with Gasteiger partial charge in [-0.15, -0.1) is 0 Å². The number of carbonyl (C=O) groups is 1. The first-order valence-corrected chi connectivity index (χ1v) is 20.6. The fourth-order valence-corrected chi connectivity index (χ4v) is 9.64. The van der Waals surface area contributed by atoms with E-state index in [1.807, 2.05) is 25.3 Å². The van der Waals surface area contributed by atoms with Crippen molar-refractivity contribution in [2.24, 2.45) is 11.8 Å². The van der Waals surface area contributed by atoms with Crippen LogP contribution in [0.1, 0.15) is 81.3 Å². The van der Waals surface area contributed by atoms with Gasteiger partial charge in [0.2, 0.25) is 10.0 Å². The van der Waals surface area contributed by atoms with Crippen molar-refractivity contribution in [3.8, 4) is 5.75 Å². The van der Waals surface area contributed by atoms with Crippen LogP contribution in [0.3, 0.4) is 0 Å². The van der Waals surface area contributed by atoms with Crippen molar-refractivity contribution in [1.82, 2.24) is 14.5 Å². The fraction of sp³-hybridized carbons (Fsp3) is 0.625. The molecule has 2 aromatic rings. The Hall–Kier alpha value is -2.63. The van der Waals surface area contributed by atoms with E-state index in [9.17, 15) is 13.2 Å². The number of allylic oxidation sites excluding steroid dienone is 1. The minimum Gasteiger partial charge on any atom is -0.490 e. The molecular formula is C40H57ClN4O5S. The summed E-state index contributed by atoms with van der Waals surface area (Å²) in [6.45, 7) is 12.5. The maximum atomic E-state index is 13.4. The van der Waals surface area contributed by atoms with E-state index in [1.54, 1.807) is 19.9 Å². The van der Waals surface area contributed by atoms with Gasteiger partial charge in [0.15, 0.2) is 0 Å². The predicted molar refractivity (Wildman–Crippen MR) is 206 cm³/mol. The molecule has 2 heterocycles. The largest absolute Gasteiger partial charge is 0.490 e. The molecule has 1 saturated heterocycles. The van der Waals surface area contributed by atoms with Gasteiger partial charge in [-0.3, -0.25) is 9.69 Å². The number of likely N-dealkylation sites (tertiary alicyclic amines) is 1. The van der Waals surface area contributed by atoms with Crippen molar-refractivity contribution >= 4 is 33.2 Å². The topological polar surface area (TPSA) is 91.4 Å². The van der Waals surface area contributed by atoms with E-state index in [-0.39, 0.29) is 11.0 Å². The van der Waals surface area contributed by atoms with Gasteiger partial charge in [0.05, 0.1) is 17.5 Å². The molecule has 2 aliphatic carbocycles. The van der Waals surface area contributed by atoms with Crippen LogP contribution in [0.2, 0.25) is 5.02 Å². The van der Waals surface area contributed by atoms with Gasteiger partial charge >= 0.3 is 0 Å². The van der Waals surface area contributed by atoms with Crippen molar-refractivity contribution < 1.29 is 22.7 Å². The number of nitrogens with zero attached hydrogens (tertiary/aromatic N) is 3. The van der Waals surface area contributed by atoms with Crippen LogP contribution in [-0.2, 0) is 26.6 Å². The highest BCUT2D eigenvalue weighted by Gasteiger charge is 2.52. The van der Waals surface area contributed by atoms with Gasteiger partial charge in [-0.1, -0.05) is 36.7 Å². The molecule has 0 unspecified atom stereocenters. The number of likely N-dealkylation sites (N-methyl/N-ethyl adjacent to an activating group) is 1. The number of anilines is 1. The number of ether oxygens (including phenoxy) is 2. The first kappa shape index (κ1) is 38.1. The normalized spacial score (nSPS) is 25.8. The van der Waals surface area contributed by atoms with Crippen molar-refractivity contribution in [3.63, 3.8) is 0 Å². The zero-order valence-electron chi connectivity index (χ0n) is 31.5. The average Bonchev–Trinajstić information content (AvgIpc) is 3.21. The van der Waals surface area contributed by atoms with E-state index in [1.165, 1.54) is 11.1 Å². The van der Waals surface area contributed by atoms with Crippen LogP contribution in [0.25, 0.3) is 0 Å². The van der Waals surface area contributed by atoms with Crippen LogP contribution >= 0.6 is 11.6 Å². The lowest BCUT2D eigenvalue weighted by Gasteiger charge is -2.57. The van der Waals surface area contributed by atoms with E-state index in [0.29, 0.717) is 36.3 Å². The Morgan fingerprint density at radius 1 is 1.18 bits per heavy atom. The zero-order chi connectivity index (χ0) is 36.8. The Morgan fingerprint density at radius 3 is 2.59 bits per heavy atom. The number of methoxy groups -OCH3 is 1. The molecule has 1 N–H and O–H groups in total. The van der Waals surface area contributed by atoms with Crippen LogP contribution < -0.4 is 14.4 Å². The number of rotatable bonds is 12. The lowest BCUT2D eigenvalue weighted by atomic mass is 9.63. The molecule has 2 aliphatic heterocycles. The number of fused-ring (bicyclic) bond motifs is 3. The molecular weight excluding hydrogens is 684 g/mol. The van der Waals surface area contributed by atoms with Gasteiger partial charge in [0.1, 0.15) is 11.4 Å². The highest BCUT2D eigenvalue weighted by atomic mass is 35.5. The molecule has 11 heteroatoms. The van der Waals surface area contributed by atoms with Gasteiger partial charge in [0.25, 0.3) is 5.91 Å². The maximum Gasteiger partial charge on any atom is 0.264 e. The van der Waals surface area contributed by atoms with Crippen LogP contribution in [-0.4, -0.2) is 101 Å². The average molecular weight is 741 g/mol. The number of nitrogens with one attached hydrogen (secondary N) is 1. The van der Waals surface area contributed by atoms with Crippen LogP contribution in [0.4, 0.5) is 5.69 Å². The highest BCUT2D eigenvalue weighted by molar-refractivity contribution is 7.90. The number of aryl methyl sites for hydroxylation is 1. The van der Waals surface area contributed by atoms with Gasteiger partial charge in [0, 0.05) is 61.4 Å². The summed E-state index contributed by atoms with van der Waals surface area (Å²) >= 11 is 6.49. The van der Waals surface area contributed by atoms with Crippen LogP contribution in [0.5, 0.6) is 5.75 Å². The van der Waals surface area contributed by atoms with E-state index < -0.39 is 26.8 Å². The summed E-state index contributed by atoms with van der Waals surface area (Å²) in [6, 6.07) is 11.6. The van der Waals surface area contributed by atoms with E-state index >= 15 is 0 Å². The Labute approximate surface area is 310 Å². The monoisotopic (exact) mass is 740 g/mol. The summed E-state index contributed by atoms with van der Waals surface area (Å²) in [7, 11) is 2.39. The maximum absolute atomic E-state index is 13.4. The standard InChI is InChI=1S/C40H57ClN4O5S/c1-8-9-19-40(49-7,26-44-23-38(4,24-44)43(5)6)34-15-12-31(34)22-45-25-39(18-10-11-29-20-32(41)14-16-33(29)39)27-50-36-17-13-30(21-35(36)45)37(46)42-51(47,48)28(2)3/h9,13-14,16-17,19-21,28,31,34H,8,10-12,15,18,22-27H2,1-7H3,(H,42,46)/b19-9+/t31-,34+,39-,40+/m0/s1. The molecule has 1 saturated carbocycles. The Balaban J connectivity index is 1.35. The van der Waals surface area contributed by atoms with Gasteiger partial charge < -0.3 is 19.3 Å². The van der Waals surface area contributed by atoms with Crippen molar-refractivity contribution in [3.05, 3.63) is 70.3 Å². The molecule has 6 rings (SSSR count). The number of amides is 1. The number of sulfonamides is 1. The van der Waals surface area contributed by atoms with Crippen LogP contribution in [0.15, 0.2) is 48.6 Å². The highest BCUT2D eigenvalue weighted by Crippen LogP contribution is 2.49. The van der Waals surface area contributed by atoms with Gasteiger partial charge in [-0.05, 0) is 127 Å². The SMILES string of the molecule is CC/C=C/[C@](CN1CC(C)(N(C)C)C1)(OC)[C@@H]1CC[C@H]1CN1C[C@@]2(CCCc3cc(Cl)ccc32)COc2ccc(C(=O)NS(=O)(=O)C(C)C)cc21. The van der Waals surface area contributed by atoms with E-state index in [0.717, 1.165) is 75.4 Å². The minimum absolute atomic E-state index is 0.163. The third-order valence-corrected chi connectivity index (χ3v) is 14.3. The quantitative estimate of drug-likeness (QED) is 0.254. The van der Waals surface area contributed by atoms with Crippen molar-refractivity contribution in [2.45, 2.75) is 88.0 Å². The number of hydrogen-bond donors (Lipinski definition) is 1. The molecule has 2 fully saturated rings. The predicted octanol–water partition coefficient (Wildman–Crippen LogP) is 6.29. The fourth-order valence-electron chi connectivity index (χ4n) is 8.83. The lowest BCUT2D eigenvalue weighted by molar-refractivity contribution is -0.120. The third-order valence-electron chi connectivity index (χ3n) is 12.3. The summed E-state index contributed by atoms with van der Waals surface area (Å²) in [5, 5.41) is 0.0158. The molecule has 2 aromatic carbocycles. The number of hydrogen-bond acceptors (Lipinski definition) is 8. The summed E-state index contributed by atoms with van der Waals surface area (Å²) < 4.78 is 40.8. The van der Waals surface area contributed by atoms with Crippen LogP contribution in [0, 0.1) is 11.8 Å². The summed E-state index contributed by atoms with van der Waals surface area (Å²) in [5.41, 5.74) is 3.14. The molecule has 280 valence electrons. The molecule has 9 nitrogen and oxygen atoms in total. The Kier molecular flexibility index (Phi) is 10.9. The number of benzene rings is 2. The first-order valence-electron chi connectivity index (χ1n) is 18.6. The minimum atomic E-state index is -3.80. The molecule has 51 heavy (non-hydrogen) atoms. The molecule has 1 amide bonds. The van der Waals surface area contributed by atoms with Gasteiger partial charge in [-0.25, -0.2) is 13.1 Å². The summed E-state index contributed by atoms with van der Waals surface area (Å²) in [4.78, 5) is 20.7. The summed E-state index contributed by atoms with van der Waals surface area (Å²) in [5.74, 6) is 0.717. The van der Waals surface area contributed by atoms with Gasteiger partial charge in [-0.2, -0.15) is 0 Å². The number of halogens is 1. The second kappa shape index (κ2) is 14.7. The molecule has 4 aliphatic rings. The van der Waals surface area contributed by atoms with E-state index in [4.69, 9.17) is 21.1 Å². The molecule has 1 spiro atoms. The summed E-state index contributed by atoms with van der Waals surface area (Å²) in [6.07, 6.45) is 10.7. The van der Waals surface area contributed by atoms with Crippen molar-refractivity contribution in [2.75, 3.05) is 65.4 Å². The zero-order valence-corrected chi connectivity index (χ0v) is 33.1. The Bertz CT molecular complexity index is 1740. The second-order valence-electron chi connectivity index (χ2n) is 16.3.